The predicted molar refractivity (Wildman–Crippen MR) is 89.2 cm³/mol. The van der Waals surface area contributed by atoms with Crippen molar-refractivity contribution in [3.63, 3.8) is 0 Å². The summed E-state index contributed by atoms with van der Waals surface area (Å²) in [5.41, 5.74) is 1.12. The van der Waals surface area contributed by atoms with Gasteiger partial charge in [-0.2, -0.15) is 0 Å². The Morgan fingerprint density at radius 2 is 2.05 bits per heavy atom. The fourth-order valence-electron chi connectivity index (χ4n) is 2.96. The summed E-state index contributed by atoms with van der Waals surface area (Å²) in [6.07, 6.45) is 1.28. The standard InChI is InChI=1S/C17H21BrN2O/c1-19-10-13-8-9-20(11-13)12-16-6-7-17(21-16)14-2-4-15(18)5-3-14/h2-7,13,19H,8-12H2,1H3. The molecule has 0 radical (unpaired) electrons. The Bertz CT molecular complexity index is 579. The maximum atomic E-state index is 5.99. The summed E-state index contributed by atoms with van der Waals surface area (Å²) < 4.78 is 7.08. The van der Waals surface area contributed by atoms with E-state index in [4.69, 9.17) is 4.42 Å². The van der Waals surface area contributed by atoms with Crippen LogP contribution in [-0.4, -0.2) is 31.6 Å². The first kappa shape index (κ1) is 14.8. The summed E-state index contributed by atoms with van der Waals surface area (Å²) in [6, 6.07) is 12.4. The maximum Gasteiger partial charge on any atom is 0.134 e. The zero-order valence-electron chi connectivity index (χ0n) is 12.3. The van der Waals surface area contributed by atoms with E-state index in [1.807, 2.05) is 19.2 Å². The van der Waals surface area contributed by atoms with Gasteiger partial charge in [-0.15, -0.1) is 0 Å². The molecule has 1 aromatic carbocycles. The second kappa shape index (κ2) is 6.77. The first-order valence-corrected chi connectivity index (χ1v) is 8.25. The molecule has 0 aliphatic carbocycles. The number of nitrogens with zero attached hydrogens (tertiary/aromatic N) is 1. The van der Waals surface area contributed by atoms with Crippen LogP contribution in [-0.2, 0) is 6.54 Å². The summed E-state index contributed by atoms with van der Waals surface area (Å²) in [7, 11) is 2.03. The maximum absolute atomic E-state index is 5.99. The van der Waals surface area contributed by atoms with E-state index in [0.717, 1.165) is 47.1 Å². The number of furan rings is 1. The first-order chi connectivity index (χ1) is 10.2. The molecule has 1 atom stereocenters. The van der Waals surface area contributed by atoms with Crippen LogP contribution in [0.5, 0.6) is 0 Å². The Kier molecular flexibility index (Phi) is 4.78. The molecule has 4 heteroatoms. The predicted octanol–water partition coefficient (Wildman–Crippen LogP) is 3.75. The highest BCUT2D eigenvalue weighted by molar-refractivity contribution is 9.10. The van der Waals surface area contributed by atoms with Crippen LogP contribution in [0.3, 0.4) is 0 Å². The van der Waals surface area contributed by atoms with Gasteiger partial charge in [-0.3, -0.25) is 4.90 Å². The van der Waals surface area contributed by atoms with Crippen LogP contribution in [0.25, 0.3) is 11.3 Å². The van der Waals surface area contributed by atoms with E-state index in [1.54, 1.807) is 0 Å². The molecule has 1 aliphatic heterocycles. The minimum atomic E-state index is 0.774. The highest BCUT2D eigenvalue weighted by Crippen LogP contribution is 2.25. The topological polar surface area (TPSA) is 28.4 Å². The molecule has 1 aromatic heterocycles. The molecule has 1 N–H and O–H groups in total. The van der Waals surface area contributed by atoms with Gasteiger partial charge in [0.2, 0.25) is 0 Å². The molecule has 2 aromatic rings. The van der Waals surface area contributed by atoms with Crippen molar-refractivity contribution >= 4 is 15.9 Å². The number of hydrogen-bond donors (Lipinski definition) is 1. The molecule has 0 amide bonds. The SMILES string of the molecule is CNCC1CCN(Cc2ccc(-c3ccc(Br)cc3)o2)C1. The van der Waals surface area contributed by atoms with E-state index in [0.29, 0.717) is 0 Å². The second-order valence-corrected chi connectivity index (χ2v) is 6.64. The normalized spacial score (nSPS) is 19.2. The van der Waals surface area contributed by atoms with E-state index in [1.165, 1.54) is 13.0 Å². The van der Waals surface area contributed by atoms with E-state index < -0.39 is 0 Å². The van der Waals surface area contributed by atoms with Crippen LogP contribution >= 0.6 is 15.9 Å². The molecular weight excluding hydrogens is 328 g/mol. The average molecular weight is 349 g/mol. The lowest BCUT2D eigenvalue weighted by atomic mass is 10.1. The highest BCUT2D eigenvalue weighted by atomic mass is 79.9. The minimum absolute atomic E-state index is 0.774. The third kappa shape index (κ3) is 3.76. The lowest BCUT2D eigenvalue weighted by Crippen LogP contribution is -2.24. The van der Waals surface area contributed by atoms with Crippen molar-refractivity contribution in [3.05, 3.63) is 46.6 Å². The fourth-order valence-corrected chi connectivity index (χ4v) is 3.23. The molecule has 3 nitrogen and oxygen atoms in total. The first-order valence-electron chi connectivity index (χ1n) is 7.46. The van der Waals surface area contributed by atoms with Crippen LogP contribution in [0.15, 0.2) is 45.3 Å². The Hall–Kier alpha value is -1.10. The van der Waals surface area contributed by atoms with Crippen LogP contribution in [0.2, 0.25) is 0 Å². The third-order valence-electron chi connectivity index (χ3n) is 4.03. The van der Waals surface area contributed by atoms with Crippen molar-refractivity contribution < 1.29 is 4.42 Å². The van der Waals surface area contributed by atoms with Gasteiger partial charge in [-0.25, -0.2) is 0 Å². The molecule has 21 heavy (non-hydrogen) atoms. The van der Waals surface area contributed by atoms with E-state index >= 15 is 0 Å². The van der Waals surface area contributed by atoms with Crippen molar-refractivity contribution in [3.8, 4) is 11.3 Å². The lowest BCUT2D eigenvalue weighted by Gasteiger charge is -2.14. The molecule has 112 valence electrons. The molecule has 0 saturated carbocycles. The van der Waals surface area contributed by atoms with E-state index in [9.17, 15) is 0 Å². The molecule has 3 rings (SSSR count). The quantitative estimate of drug-likeness (QED) is 0.891. The Morgan fingerprint density at radius 3 is 2.81 bits per heavy atom. The van der Waals surface area contributed by atoms with E-state index in [2.05, 4.69) is 50.4 Å². The van der Waals surface area contributed by atoms with Crippen LogP contribution < -0.4 is 5.32 Å². The van der Waals surface area contributed by atoms with Crippen LogP contribution in [0.4, 0.5) is 0 Å². The van der Waals surface area contributed by atoms with Crippen molar-refractivity contribution in [2.24, 2.45) is 5.92 Å². The molecule has 1 aliphatic rings. The van der Waals surface area contributed by atoms with Gasteiger partial charge in [-0.05, 0) is 56.7 Å². The molecule has 0 bridgehead atoms. The largest absolute Gasteiger partial charge is 0.460 e. The number of nitrogens with one attached hydrogen (secondary N) is 1. The van der Waals surface area contributed by atoms with Gasteiger partial charge in [0.25, 0.3) is 0 Å². The van der Waals surface area contributed by atoms with Crippen molar-refractivity contribution in [1.29, 1.82) is 0 Å². The van der Waals surface area contributed by atoms with Gasteiger partial charge >= 0.3 is 0 Å². The molecule has 1 saturated heterocycles. The summed E-state index contributed by atoms with van der Waals surface area (Å²) in [5.74, 6) is 2.78. The van der Waals surface area contributed by atoms with E-state index in [-0.39, 0.29) is 0 Å². The Balaban J connectivity index is 1.62. The third-order valence-corrected chi connectivity index (χ3v) is 4.56. The number of halogens is 1. The second-order valence-electron chi connectivity index (χ2n) is 5.72. The zero-order chi connectivity index (χ0) is 14.7. The molecule has 1 fully saturated rings. The number of benzene rings is 1. The summed E-state index contributed by atoms with van der Waals surface area (Å²) in [6.45, 7) is 4.35. The molecule has 2 heterocycles. The molecule has 1 unspecified atom stereocenters. The summed E-state index contributed by atoms with van der Waals surface area (Å²) in [5, 5.41) is 3.27. The van der Waals surface area contributed by atoms with Gasteiger partial charge < -0.3 is 9.73 Å². The van der Waals surface area contributed by atoms with Crippen molar-refractivity contribution in [1.82, 2.24) is 10.2 Å². The number of hydrogen-bond acceptors (Lipinski definition) is 3. The molecule has 0 spiro atoms. The van der Waals surface area contributed by atoms with Gasteiger partial charge in [-0.1, -0.05) is 28.1 Å². The number of likely N-dealkylation sites (tertiary alicyclic amines) is 1. The Morgan fingerprint density at radius 1 is 1.24 bits per heavy atom. The zero-order valence-corrected chi connectivity index (χ0v) is 13.9. The average Bonchev–Trinajstić information content (AvgIpc) is 3.11. The van der Waals surface area contributed by atoms with Crippen molar-refractivity contribution in [2.45, 2.75) is 13.0 Å². The van der Waals surface area contributed by atoms with Gasteiger partial charge in [0, 0.05) is 16.6 Å². The minimum Gasteiger partial charge on any atom is -0.460 e. The van der Waals surface area contributed by atoms with Gasteiger partial charge in [0.05, 0.1) is 6.54 Å². The van der Waals surface area contributed by atoms with Crippen LogP contribution in [0, 0.1) is 5.92 Å². The molecular formula is C17H21BrN2O. The van der Waals surface area contributed by atoms with Crippen molar-refractivity contribution in [2.75, 3.05) is 26.7 Å². The smallest absolute Gasteiger partial charge is 0.134 e. The van der Waals surface area contributed by atoms with Crippen LogP contribution in [0.1, 0.15) is 12.2 Å². The summed E-state index contributed by atoms with van der Waals surface area (Å²) >= 11 is 3.46. The lowest BCUT2D eigenvalue weighted by molar-refractivity contribution is 0.287. The summed E-state index contributed by atoms with van der Waals surface area (Å²) in [4.78, 5) is 2.48. The van der Waals surface area contributed by atoms with Gasteiger partial charge in [0.15, 0.2) is 0 Å². The Labute approximate surface area is 134 Å². The number of rotatable bonds is 5. The monoisotopic (exact) mass is 348 g/mol. The van der Waals surface area contributed by atoms with Gasteiger partial charge in [0.1, 0.15) is 11.5 Å². The fraction of sp³-hybridized carbons (Fsp3) is 0.412. The highest BCUT2D eigenvalue weighted by Gasteiger charge is 2.22.